The monoisotopic (exact) mass is 282 g/mol. The molecule has 0 aliphatic carbocycles. The second-order valence-corrected chi connectivity index (χ2v) is 5.66. The average Bonchev–Trinajstić information content (AvgIpc) is 2.97. The summed E-state index contributed by atoms with van der Waals surface area (Å²) >= 11 is 0. The lowest BCUT2D eigenvalue weighted by molar-refractivity contribution is 0.314. The van der Waals surface area contributed by atoms with Crippen molar-refractivity contribution in [3.05, 3.63) is 54.4 Å². The van der Waals surface area contributed by atoms with Crippen LogP contribution in [0.3, 0.4) is 0 Å². The third-order valence-electron chi connectivity index (χ3n) is 4.02. The van der Waals surface area contributed by atoms with Gasteiger partial charge in [-0.1, -0.05) is 30.3 Å². The number of anilines is 1. The molecule has 1 saturated heterocycles. The van der Waals surface area contributed by atoms with Gasteiger partial charge in [-0.3, -0.25) is 4.90 Å². The number of benzene rings is 1. The van der Waals surface area contributed by atoms with Crippen LogP contribution in [0, 0.1) is 5.92 Å². The number of hydrogen-bond donors (Lipinski definition) is 1. The summed E-state index contributed by atoms with van der Waals surface area (Å²) in [5.41, 5.74) is 1.41. The quantitative estimate of drug-likeness (QED) is 0.884. The maximum absolute atomic E-state index is 4.18. The highest BCUT2D eigenvalue weighted by Crippen LogP contribution is 2.21. The fourth-order valence-electron chi connectivity index (χ4n) is 2.91. The summed E-state index contributed by atoms with van der Waals surface area (Å²) in [5, 5.41) is 3.30. The molecule has 4 heteroatoms. The Hall–Kier alpha value is -1.94. The third kappa shape index (κ3) is 4.26. The highest BCUT2D eigenvalue weighted by Gasteiger charge is 2.21. The Kier molecular flexibility index (Phi) is 4.79. The molecule has 1 aromatic carbocycles. The summed E-state index contributed by atoms with van der Waals surface area (Å²) in [6, 6.07) is 12.6. The summed E-state index contributed by atoms with van der Waals surface area (Å²) in [6.45, 7) is 4.44. The number of aromatic nitrogens is 2. The summed E-state index contributed by atoms with van der Waals surface area (Å²) in [5.74, 6) is 1.52. The Morgan fingerprint density at radius 3 is 2.71 bits per heavy atom. The van der Waals surface area contributed by atoms with Gasteiger partial charge in [-0.25, -0.2) is 9.97 Å². The zero-order chi connectivity index (χ0) is 14.3. The summed E-state index contributed by atoms with van der Waals surface area (Å²) in [6.07, 6.45) is 6.02. The smallest absolute Gasteiger partial charge is 0.222 e. The molecule has 0 bridgehead atoms. The maximum atomic E-state index is 4.18. The number of hydrogen-bond acceptors (Lipinski definition) is 4. The molecule has 0 unspecified atom stereocenters. The average molecular weight is 282 g/mol. The van der Waals surface area contributed by atoms with Crippen molar-refractivity contribution in [3.63, 3.8) is 0 Å². The first-order valence-corrected chi connectivity index (χ1v) is 7.67. The zero-order valence-electron chi connectivity index (χ0n) is 12.3. The van der Waals surface area contributed by atoms with Gasteiger partial charge in [0, 0.05) is 32.0 Å². The zero-order valence-corrected chi connectivity index (χ0v) is 12.3. The number of likely N-dealkylation sites (tertiary alicyclic amines) is 1. The number of rotatable bonds is 6. The molecule has 1 N–H and O–H groups in total. The Labute approximate surface area is 126 Å². The van der Waals surface area contributed by atoms with E-state index in [9.17, 15) is 0 Å². The molecule has 1 aromatic heterocycles. The van der Waals surface area contributed by atoms with Crippen LogP contribution in [0.2, 0.25) is 0 Å². The fraction of sp³-hybridized carbons (Fsp3) is 0.412. The highest BCUT2D eigenvalue weighted by molar-refractivity contribution is 5.21. The van der Waals surface area contributed by atoms with Gasteiger partial charge in [-0.05, 0) is 36.9 Å². The van der Waals surface area contributed by atoms with E-state index in [-0.39, 0.29) is 0 Å². The van der Waals surface area contributed by atoms with Crippen molar-refractivity contribution in [3.8, 4) is 0 Å². The molecule has 1 aliphatic heterocycles. The van der Waals surface area contributed by atoms with Crippen LogP contribution in [0.4, 0.5) is 5.95 Å². The Balaban J connectivity index is 1.39. The normalized spacial score (nSPS) is 18.8. The molecular formula is C17H22N4. The standard InChI is InChI=1S/C17H22N4/c1-2-5-15(6-3-1)13-21-12-8-16(14-21)7-11-20-17-18-9-4-10-19-17/h1-6,9-10,16H,7-8,11-14H2,(H,18,19,20)/t16-/m0/s1. The summed E-state index contributed by atoms with van der Waals surface area (Å²) < 4.78 is 0. The number of nitrogens with one attached hydrogen (secondary N) is 1. The molecule has 0 amide bonds. The minimum absolute atomic E-state index is 0.733. The van der Waals surface area contributed by atoms with E-state index in [0.717, 1.165) is 25.0 Å². The fourth-order valence-corrected chi connectivity index (χ4v) is 2.91. The first-order valence-electron chi connectivity index (χ1n) is 7.67. The van der Waals surface area contributed by atoms with E-state index in [1.807, 2.05) is 6.07 Å². The van der Waals surface area contributed by atoms with Gasteiger partial charge < -0.3 is 5.32 Å². The lowest BCUT2D eigenvalue weighted by Gasteiger charge is -2.16. The van der Waals surface area contributed by atoms with Crippen LogP contribution >= 0.6 is 0 Å². The van der Waals surface area contributed by atoms with Crippen LogP contribution in [0.15, 0.2) is 48.8 Å². The lowest BCUT2D eigenvalue weighted by Crippen LogP contribution is -2.20. The van der Waals surface area contributed by atoms with Crippen molar-refractivity contribution >= 4 is 5.95 Å². The molecule has 0 spiro atoms. The van der Waals surface area contributed by atoms with Crippen molar-refractivity contribution in [2.24, 2.45) is 5.92 Å². The van der Waals surface area contributed by atoms with E-state index in [4.69, 9.17) is 0 Å². The Morgan fingerprint density at radius 1 is 1.10 bits per heavy atom. The van der Waals surface area contributed by atoms with Crippen LogP contribution < -0.4 is 5.32 Å². The van der Waals surface area contributed by atoms with Gasteiger partial charge >= 0.3 is 0 Å². The molecule has 21 heavy (non-hydrogen) atoms. The van der Waals surface area contributed by atoms with Crippen LogP contribution in [0.25, 0.3) is 0 Å². The topological polar surface area (TPSA) is 41.0 Å². The van der Waals surface area contributed by atoms with Crippen LogP contribution in [-0.2, 0) is 6.54 Å². The molecule has 1 aliphatic rings. The van der Waals surface area contributed by atoms with E-state index in [2.05, 4.69) is 50.5 Å². The van der Waals surface area contributed by atoms with Gasteiger partial charge in [0.2, 0.25) is 5.95 Å². The molecule has 2 aromatic rings. The van der Waals surface area contributed by atoms with E-state index in [0.29, 0.717) is 0 Å². The second kappa shape index (κ2) is 7.18. The van der Waals surface area contributed by atoms with Crippen LogP contribution in [0.1, 0.15) is 18.4 Å². The predicted octanol–water partition coefficient (Wildman–Crippen LogP) is 2.80. The molecule has 0 radical (unpaired) electrons. The van der Waals surface area contributed by atoms with Crippen molar-refractivity contribution in [1.82, 2.24) is 14.9 Å². The molecular weight excluding hydrogens is 260 g/mol. The molecule has 4 nitrogen and oxygen atoms in total. The third-order valence-corrected chi connectivity index (χ3v) is 4.02. The molecule has 1 fully saturated rings. The van der Waals surface area contributed by atoms with E-state index >= 15 is 0 Å². The molecule has 1 atom stereocenters. The van der Waals surface area contributed by atoms with E-state index in [1.54, 1.807) is 12.4 Å². The van der Waals surface area contributed by atoms with Gasteiger partial charge in [0.25, 0.3) is 0 Å². The molecule has 3 rings (SSSR count). The van der Waals surface area contributed by atoms with Gasteiger partial charge in [-0.2, -0.15) is 0 Å². The van der Waals surface area contributed by atoms with Crippen molar-refractivity contribution in [2.45, 2.75) is 19.4 Å². The number of nitrogens with zero attached hydrogens (tertiary/aromatic N) is 3. The van der Waals surface area contributed by atoms with Gasteiger partial charge in [0.1, 0.15) is 0 Å². The van der Waals surface area contributed by atoms with Crippen LogP contribution in [-0.4, -0.2) is 34.5 Å². The predicted molar refractivity (Wildman–Crippen MR) is 85.0 cm³/mol. The van der Waals surface area contributed by atoms with Crippen molar-refractivity contribution in [2.75, 3.05) is 25.0 Å². The summed E-state index contributed by atoms with van der Waals surface area (Å²) in [7, 11) is 0. The minimum Gasteiger partial charge on any atom is -0.354 e. The molecule has 110 valence electrons. The lowest BCUT2D eigenvalue weighted by atomic mass is 10.1. The SMILES string of the molecule is c1ccc(CN2CC[C@H](CCNc3ncccn3)C2)cc1. The Morgan fingerprint density at radius 2 is 1.90 bits per heavy atom. The van der Waals surface area contributed by atoms with Gasteiger partial charge in [-0.15, -0.1) is 0 Å². The molecule has 0 saturated carbocycles. The van der Waals surface area contributed by atoms with Crippen molar-refractivity contribution < 1.29 is 0 Å². The molecule has 2 heterocycles. The van der Waals surface area contributed by atoms with Gasteiger partial charge in [0.05, 0.1) is 0 Å². The second-order valence-electron chi connectivity index (χ2n) is 5.66. The first kappa shape index (κ1) is 14.0. The van der Waals surface area contributed by atoms with Crippen molar-refractivity contribution in [1.29, 1.82) is 0 Å². The maximum Gasteiger partial charge on any atom is 0.222 e. The van der Waals surface area contributed by atoms with Crippen LogP contribution in [0.5, 0.6) is 0 Å². The first-order chi connectivity index (χ1) is 10.4. The van der Waals surface area contributed by atoms with E-state index < -0.39 is 0 Å². The van der Waals surface area contributed by atoms with E-state index in [1.165, 1.54) is 31.5 Å². The largest absolute Gasteiger partial charge is 0.354 e. The highest BCUT2D eigenvalue weighted by atomic mass is 15.1. The Bertz CT molecular complexity index is 529. The van der Waals surface area contributed by atoms with Gasteiger partial charge in [0.15, 0.2) is 0 Å². The minimum atomic E-state index is 0.733. The summed E-state index contributed by atoms with van der Waals surface area (Å²) in [4.78, 5) is 10.9.